The van der Waals surface area contributed by atoms with Crippen LogP contribution in [0.3, 0.4) is 0 Å². The molecule has 0 aliphatic heterocycles. The molecule has 0 saturated heterocycles. The second-order valence-electron chi connectivity index (χ2n) is 3.23. The van der Waals surface area contributed by atoms with E-state index in [1.807, 2.05) is 72.8 Å². The molecular formula is C16H18O. The Morgan fingerprint density at radius 3 is 1.06 bits per heavy atom. The van der Waals surface area contributed by atoms with E-state index >= 15 is 0 Å². The lowest BCUT2D eigenvalue weighted by Gasteiger charge is -1.85. The topological polar surface area (TPSA) is 31.5 Å². The van der Waals surface area contributed by atoms with Crippen molar-refractivity contribution in [3.63, 3.8) is 0 Å². The molecule has 0 fully saturated rings. The summed E-state index contributed by atoms with van der Waals surface area (Å²) in [5, 5.41) is 0. The van der Waals surface area contributed by atoms with Crippen molar-refractivity contribution in [1.82, 2.24) is 0 Å². The summed E-state index contributed by atoms with van der Waals surface area (Å²) >= 11 is 0. The summed E-state index contributed by atoms with van der Waals surface area (Å²) in [6, 6.07) is 20.1. The van der Waals surface area contributed by atoms with Crippen LogP contribution in [-0.2, 0) is 0 Å². The maximum absolute atomic E-state index is 3.63. The van der Waals surface area contributed by atoms with E-state index < -0.39 is 0 Å². The quantitative estimate of drug-likeness (QED) is 0.745. The number of hydrogen-bond acceptors (Lipinski definition) is 0. The Labute approximate surface area is 103 Å². The molecule has 0 heterocycles. The predicted octanol–water partition coefficient (Wildman–Crippen LogP) is 3.83. The minimum absolute atomic E-state index is 0. The van der Waals surface area contributed by atoms with Crippen molar-refractivity contribution in [3.05, 3.63) is 84.9 Å². The van der Waals surface area contributed by atoms with E-state index in [2.05, 4.69) is 13.2 Å². The highest BCUT2D eigenvalue weighted by atomic mass is 16.0. The molecule has 0 atom stereocenters. The molecule has 2 rings (SSSR count). The summed E-state index contributed by atoms with van der Waals surface area (Å²) < 4.78 is 0. The van der Waals surface area contributed by atoms with E-state index in [1.54, 1.807) is 0 Å². The van der Waals surface area contributed by atoms with Gasteiger partial charge in [0.2, 0.25) is 0 Å². The molecule has 1 heteroatoms. The Balaban J connectivity index is 0.000000284. The van der Waals surface area contributed by atoms with Gasteiger partial charge in [0.1, 0.15) is 0 Å². The molecule has 17 heavy (non-hydrogen) atoms. The van der Waals surface area contributed by atoms with Gasteiger partial charge in [-0.25, -0.2) is 0 Å². The van der Waals surface area contributed by atoms with E-state index in [-0.39, 0.29) is 5.48 Å². The van der Waals surface area contributed by atoms with Gasteiger partial charge in [-0.3, -0.25) is 0 Å². The average Bonchev–Trinajstić information content (AvgIpc) is 2.41. The van der Waals surface area contributed by atoms with Crippen LogP contribution in [-0.4, -0.2) is 5.48 Å². The Morgan fingerprint density at radius 1 is 0.588 bits per heavy atom. The van der Waals surface area contributed by atoms with Crippen LogP contribution in [0.15, 0.2) is 73.8 Å². The molecule has 2 N–H and O–H groups in total. The third kappa shape index (κ3) is 6.13. The van der Waals surface area contributed by atoms with Crippen molar-refractivity contribution in [2.45, 2.75) is 0 Å². The molecule has 0 spiro atoms. The zero-order valence-corrected chi connectivity index (χ0v) is 9.84. The second kappa shape index (κ2) is 9.13. The standard InChI is InChI=1S/2C8H8.H2O/c2*1-2-8-6-4-3-5-7-8;/h2*2-7H,1H2;1H2. The fourth-order valence-electron chi connectivity index (χ4n) is 1.18. The first-order valence-corrected chi connectivity index (χ1v) is 5.22. The third-order valence-electron chi connectivity index (χ3n) is 2.07. The van der Waals surface area contributed by atoms with Crippen LogP contribution < -0.4 is 0 Å². The normalized spacial score (nSPS) is 8.00. The van der Waals surface area contributed by atoms with Crippen molar-refractivity contribution in [2.75, 3.05) is 0 Å². The van der Waals surface area contributed by atoms with Gasteiger partial charge in [-0.05, 0) is 11.1 Å². The molecular weight excluding hydrogens is 208 g/mol. The summed E-state index contributed by atoms with van der Waals surface area (Å²) in [6.45, 7) is 7.26. The summed E-state index contributed by atoms with van der Waals surface area (Å²) in [7, 11) is 0. The minimum Gasteiger partial charge on any atom is -0.412 e. The maximum atomic E-state index is 3.63. The average molecular weight is 226 g/mol. The molecule has 88 valence electrons. The summed E-state index contributed by atoms with van der Waals surface area (Å²) in [5.41, 5.74) is 2.35. The number of benzene rings is 2. The Kier molecular flexibility index (Phi) is 7.99. The molecule has 1 nitrogen and oxygen atoms in total. The van der Waals surface area contributed by atoms with Crippen LogP contribution in [0.1, 0.15) is 11.1 Å². The highest BCUT2D eigenvalue weighted by Gasteiger charge is 1.76. The molecule has 0 saturated carbocycles. The molecule has 0 bridgehead atoms. The van der Waals surface area contributed by atoms with E-state index in [1.165, 1.54) is 11.1 Å². The molecule has 0 aromatic heterocycles. The SMILES string of the molecule is C=Cc1ccccc1.C=Cc1ccccc1.O. The van der Waals surface area contributed by atoms with E-state index in [4.69, 9.17) is 0 Å². The summed E-state index contributed by atoms with van der Waals surface area (Å²) in [6.07, 6.45) is 3.67. The van der Waals surface area contributed by atoms with Crippen LogP contribution in [0, 0.1) is 0 Å². The zero-order chi connectivity index (χ0) is 11.6. The van der Waals surface area contributed by atoms with Crippen LogP contribution in [0.2, 0.25) is 0 Å². The highest BCUT2D eigenvalue weighted by Crippen LogP contribution is 1.98. The second-order valence-corrected chi connectivity index (χ2v) is 3.23. The third-order valence-corrected chi connectivity index (χ3v) is 2.07. The molecule has 0 unspecified atom stereocenters. The highest BCUT2D eigenvalue weighted by molar-refractivity contribution is 5.46. The van der Waals surface area contributed by atoms with Gasteiger partial charge >= 0.3 is 0 Å². The van der Waals surface area contributed by atoms with Gasteiger partial charge in [0.05, 0.1) is 0 Å². The van der Waals surface area contributed by atoms with E-state index in [9.17, 15) is 0 Å². The first kappa shape index (κ1) is 14.9. The van der Waals surface area contributed by atoms with Gasteiger partial charge in [0, 0.05) is 0 Å². The number of hydrogen-bond donors (Lipinski definition) is 0. The lowest BCUT2D eigenvalue weighted by molar-refractivity contribution is 0.824. The van der Waals surface area contributed by atoms with Crippen molar-refractivity contribution in [2.24, 2.45) is 0 Å². The van der Waals surface area contributed by atoms with E-state index in [0.29, 0.717) is 0 Å². The van der Waals surface area contributed by atoms with Crippen molar-refractivity contribution in [3.8, 4) is 0 Å². The monoisotopic (exact) mass is 226 g/mol. The van der Waals surface area contributed by atoms with Crippen molar-refractivity contribution in [1.29, 1.82) is 0 Å². The Bertz CT molecular complexity index is 374. The lowest BCUT2D eigenvalue weighted by Crippen LogP contribution is -1.63. The van der Waals surface area contributed by atoms with Crippen molar-refractivity contribution < 1.29 is 5.48 Å². The van der Waals surface area contributed by atoms with Gasteiger partial charge in [-0.1, -0.05) is 86.0 Å². The Hall–Kier alpha value is -2.12. The molecule has 0 amide bonds. The maximum Gasteiger partial charge on any atom is -0.0263 e. The van der Waals surface area contributed by atoms with Gasteiger partial charge < -0.3 is 5.48 Å². The zero-order valence-electron chi connectivity index (χ0n) is 9.84. The molecule has 0 radical (unpaired) electrons. The van der Waals surface area contributed by atoms with Crippen LogP contribution >= 0.6 is 0 Å². The van der Waals surface area contributed by atoms with Crippen LogP contribution in [0.25, 0.3) is 12.2 Å². The fourth-order valence-corrected chi connectivity index (χ4v) is 1.18. The molecule has 0 aliphatic rings. The summed E-state index contributed by atoms with van der Waals surface area (Å²) in [4.78, 5) is 0. The smallest absolute Gasteiger partial charge is 0.0263 e. The van der Waals surface area contributed by atoms with Gasteiger partial charge in [0.25, 0.3) is 0 Å². The van der Waals surface area contributed by atoms with E-state index in [0.717, 1.165) is 0 Å². The minimum atomic E-state index is 0. The predicted molar refractivity (Wildman–Crippen MR) is 76.7 cm³/mol. The largest absolute Gasteiger partial charge is 0.412 e. The molecule has 2 aromatic carbocycles. The Morgan fingerprint density at radius 2 is 0.882 bits per heavy atom. The molecule has 0 aliphatic carbocycles. The lowest BCUT2D eigenvalue weighted by atomic mass is 10.2. The van der Waals surface area contributed by atoms with Crippen LogP contribution in [0.4, 0.5) is 0 Å². The first-order valence-electron chi connectivity index (χ1n) is 5.22. The van der Waals surface area contributed by atoms with Crippen molar-refractivity contribution >= 4 is 12.2 Å². The number of rotatable bonds is 2. The first-order chi connectivity index (χ1) is 7.86. The van der Waals surface area contributed by atoms with Gasteiger partial charge in [-0.15, -0.1) is 0 Å². The summed E-state index contributed by atoms with van der Waals surface area (Å²) in [5.74, 6) is 0. The van der Waals surface area contributed by atoms with Gasteiger partial charge in [-0.2, -0.15) is 0 Å². The molecule has 2 aromatic rings. The van der Waals surface area contributed by atoms with Crippen LogP contribution in [0.5, 0.6) is 0 Å². The van der Waals surface area contributed by atoms with Gasteiger partial charge in [0.15, 0.2) is 0 Å². The fraction of sp³-hybridized carbons (Fsp3) is 0.